The number of nitrogens with two attached hydrogens (primary N) is 1. The van der Waals surface area contributed by atoms with Gasteiger partial charge in [0.25, 0.3) is 5.91 Å². The van der Waals surface area contributed by atoms with Crippen LogP contribution in [0.2, 0.25) is 0 Å². The van der Waals surface area contributed by atoms with Gasteiger partial charge in [-0.15, -0.1) is 0 Å². The number of nitrogen functional groups attached to an aromatic ring is 1. The molecular formula is C27H28N6O4S. The smallest absolute Gasteiger partial charge is 0.321 e. The number of carbonyl (C=O) groups is 2. The first-order chi connectivity index (χ1) is 18.5. The number of carbonyl (C=O) groups excluding carboxylic acids is 2. The molecule has 1 fully saturated rings. The van der Waals surface area contributed by atoms with Crippen molar-refractivity contribution in [1.29, 1.82) is 0 Å². The van der Waals surface area contributed by atoms with Crippen LogP contribution in [0, 0.1) is 0 Å². The fourth-order valence-corrected chi connectivity index (χ4v) is 5.16. The van der Waals surface area contributed by atoms with E-state index in [1.54, 1.807) is 55.6 Å². The van der Waals surface area contributed by atoms with Crippen LogP contribution in [0.15, 0.2) is 60.7 Å². The molecule has 0 aliphatic carbocycles. The van der Waals surface area contributed by atoms with E-state index in [0.717, 1.165) is 29.0 Å². The second-order valence-electron chi connectivity index (χ2n) is 8.63. The molecule has 10 nitrogen and oxygen atoms in total. The lowest BCUT2D eigenvalue weighted by Crippen LogP contribution is -2.36. The Kier molecular flexibility index (Phi) is 7.57. The number of nitrogens with one attached hydrogen (secondary N) is 3. The molecule has 5 rings (SSSR count). The molecule has 1 aliphatic heterocycles. The van der Waals surface area contributed by atoms with E-state index < -0.39 is 0 Å². The SMILES string of the molecule is COc1ccc(N2CCOCC2)c2sc(NC(=O)NCc3ccc(C(=O)Nc4ccccc4N)cc3)nc12. The largest absolute Gasteiger partial charge is 0.494 e. The number of fused-ring (bicyclic) bond motifs is 1. The van der Waals surface area contributed by atoms with Gasteiger partial charge in [0.2, 0.25) is 0 Å². The third-order valence-electron chi connectivity index (χ3n) is 6.16. The first-order valence-corrected chi connectivity index (χ1v) is 12.9. The number of urea groups is 1. The van der Waals surface area contributed by atoms with Crippen molar-refractivity contribution in [2.24, 2.45) is 0 Å². The maximum Gasteiger partial charge on any atom is 0.321 e. The molecule has 0 bridgehead atoms. The molecule has 3 aromatic carbocycles. The molecule has 2 heterocycles. The van der Waals surface area contributed by atoms with Crippen LogP contribution in [0.4, 0.5) is 27.0 Å². The predicted molar refractivity (Wildman–Crippen MR) is 150 cm³/mol. The number of amides is 3. The Balaban J connectivity index is 1.21. The number of methoxy groups -OCH3 is 1. The van der Waals surface area contributed by atoms with Crippen molar-refractivity contribution in [3.63, 3.8) is 0 Å². The highest BCUT2D eigenvalue weighted by Crippen LogP contribution is 2.39. The number of rotatable bonds is 7. The first kappa shape index (κ1) is 25.3. The Morgan fingerprint density at radius 2 is 1.82 bits per heavy atom. The van der Waals surface area contributed by atoms with Crippen molar-refractivity contribution in [3.8, 4) is 5.75 Å². The van der Waals surface area contributed by atoms with E-state index in [1.165, 1.54) is 11.3 Å². The van der Waals surface area contributed by atoms with Crippen molar-refractivity contribution < 1.29 is 19.1 Å². The highest BCUT2D eigenvalue weighted by molar-refractivity contribution is 7.23. The number of nitrogens with zero attached hydrogens (tertiary/aromatic N) is 2. The summed E-state index contributed by atoms with van der Waals surface area (Å²) < 4.78 is 11.9. The summed E-state index contributed by atoms with van der Waals surface area (Å²) in [6.07, 6.45) is 0. The van der Waals surface area contributed by atoms with Crippen LogP contribution in [0.5, 0.6) is 5.75 Å². The lowest BCUT2D eigenvalue weighted by molar-refractivity contribution is 0.102. The second kappa shape index (κ2) is 11.4. The minimum absolute atomic E-state index is 0.261. The molecule has 0 spiro atoms. The van der Waals surface area contributed by atoms with E-state index in [9.17, 15) is 9.59 Å². The summed E-state index contributed by atoms with van der Waals surface area (Å²) in [7, 11) is 1.61. The lowest BCUT2D eigenvalue weighted by atomic mass is 10.1. The van der Waals surface area contributed by atoms with Crippen LogP contribution in [0.3, 0.4) is 0 Å². The van der Waals surface area contributed by atoms with E-state index in [1.807, 2.05) is 12.1 Å². The fourth-order valence-electron chi connectivity index (χ4n) is 4.14. The van der Waals surface area contributed by atoms with E-state index in [-0.39, 0.29) is 18.5 Å². The Morgan fingerprint density at radius 1 is 1.05 bits per heavy atom. The van der Waals surface area contributed by atoms with Crippen LogP contribution >= 0.6 is 11.3 Å². The molecule has 1 saturated heterocycles. The summed E-state index contributed by atoms with van der Waals surface area (Å²) in [5.74, 6) is 0.392. The molecule has 196 valence electrons. The van der Waals surface area contributed by atoms with Crippen molar-refractivity contribution in [2.45, 2.75) is 6.54 Å². The number of anilines is 4. The van der Waals surface area contributed by atoms with Gasteiger partial charge in [-0.05, 0) is 42.0 Å². The average Bonchev–Trinajstić information content (AvgIpc) is 3.37. The Bertz CT molecular complexity index is 1450. The number of thiazole rings is 1. The first-order valence-electron chi connectivity index (χ1n) is 12.1. The topological polar surface area (TPSA) is 131 Å². The molecule has 0 atom stereocenters. The van der Waals surface area contributed by atoms with Gasteiger partial charge in [-0.1, -0.05) is 35.6 Å². The van der Waals surface area contributed by atoms with Gasteiger partial charge in [0.05, 0.1) is 42.1 Å². The summed E-state index contributed by atoms with van der Waals surface area (Å²) in [5, 5.41) is 8.94. The molecule has 38 heavy (non-hydrogen) atoms. The summed E-state index contributed by atoms with van der Waals surface area (Å²) in [6.45, 7) is 3.22. The molecule has 0 unspecified atom stereocenters. The van der Waals surface area contributed by atoms with Gasteiger partial charge in [-0.3, -0.25) is 10.1 Å². The number of benzene rings is 3. The van der Waals surface area contributed by atoms with E-state index >= 15 is 0 Å². The Morgan fingerprint density at radius 3 is 2.55 bits per heavy atom. The Hall–Kier alpha value is -4.35. The van der Waals surface area contributed by atoms with Gasteiger partial charge >= 0.3 is 6.03 Å². The van der Waals surface area contributed by atoms with Gasteiger partial charge in [0, 0.05) is 25.2 Å². The van der Waals surface area contributed by atoms with Crippen LogP contribution in [0.25, 0.3) is 10.2 Å². The number of aromatic nitrogens is 1. The van der Waals surface area contributed by atoms with Crippen molar-refractivity contribution in [1.82, 2.24) is 10.3 Å². The zero-order chi connectivity index (χ0) is 26.5. The van der Waals surface area contributed by atoms with E-state index in [4.69, 9.17) is 15.2 Å². The van der Waals surface area contributed by atoms with Crippen molar-refractivity contribution >= 4 is 55.7 Å². The van der Waals surface area contributed by atoms with Gasteiger partial charge in [-0.25, -0.2) is 9.78 Å². The van der Waals surface area contributed by atoms with Gasteiger partial charge in [0.15, 0.2) is 5.13 Å². The third-order valence-corrected chi connectivity index (χ3v) is 7.15. The maximum absolute atomic E-state index is 12.6. The zero-order valence-corrected chi connectivity index (χ0v) is 21.6. The number of para-hydroxylation sites is 2. The molecule has 11 heteroatoms. The number of morpholine rings is 1. The van der Waals surface area contributed by atoms with Crippen LogP contribution in [0.1, 0.15) is 15.9 Å². The maximum atomic E-state index is 12.6. The number of hydrogen-bond acceptors (Lipinski definition) is 8. The summed E-state index contributed by atoms with van der Waals surface area (Å²) in [4.78, 5) is 32.0. The molecule has 0 saturated carbocycles. The minimum Gasteiger partial charge on any atom is -0.494 e. The normalized spacial score (nSPS) is 13.2. The van der Waals surface area contributed by atoms with Crippen LogP contribution < -0.4 is 31.3 Å². The van der Waals surface area contributed by atoms with Gasteiger partial charge in [0.1, 0.15) is 11.3 Å². The third kappa shape index (κ3) is 5.63. The molecule has 0 radical (unpaired) electrons. The van der Waals surface area contributed by atoms with Crippen LogP contribution in [-0.2, 0) is 11.3 Å². The van der Waals surface area contributed by atoms with Crippen molar-refractivity contribution in [3.05, 3.63) is 71.8 Å². The molecular weight excluding hydrogens is 504 g/mol. The summed E-state index contributed by atoms with van der Waals surface area (Å²) in [6, 6.07) is 17.6. The number of ether oxygens (including phenoxy) is 2. The second-order valence-corrected chi connectivity index (χ2v) is 9.63. The van der Waals surface area contributed by atoms with E-state index in [0.29, 0.717) is 46.5 Å². The fraction of sp³-hybridized carbons (Fsp3) is 0.222. The monoisotopic (exact) mass is 532 g/mol. The summed E-state index contributed by atoms with van der Waals surface area (Å²) in [5.41, 5.74) is 10.0. The zero-order valence-electron chi connectivity index (χ0n) is 20.8. The quantitative estimate of drug-likeness (QED) is 0.261. The standard InChI is InChI=1S/C27H28N6O4S/c1-36-22-11-10-21(33-12-14-37-15-13-33)24-23(22)31-27(38-24)32-26(35)29-16-17-6-8-18(9-7-17)25(34)30-20-5-3-2-4-19(20)28/h2-11H,12-16,28H2,1H3,(H,30,34)(H2,29,31,32,35). The highest BCUT2D eigenvalue weighted by Gasteiger charge is 2.20. The molecule has 1 aliphatic rings. The van der Waals surface area contributed by atoms with Gasteiger partial charge in [-0.2, -0.15) is 0 Å². The molecule has 5 N–H and O–H groups in total. The molecule has 3 amide bonds. The predicted octanol–water partition coefficient (Wildman–Crippen LogP) is 4.30. The van der Waals surface area contributed by atoms with E-state index in [2.05, 4.69) is 25.8 Å². The minimum atomic E-state index is -0.377. The average molecular weight is 533 g/mol. The highest BCUT2D eigenvalue weighted by atomic mass is 32.1. The lowest BCUT2D eigenvalue weighted by Gasteiger charge is -2.29. The molecule has 1 aromatic heterocycles. The van der Waals surface area contributed by atoms with Gasteiger partial charge < -0.3 is 30.7 Å². The van der Waals surface area contributed by atoms with Crippen LogP contribution in [-0.4, -0.2) is 50.3 Å². The summed E-state index contributed by atoms with van der Waals surface area (Å²) >= 11 is 1.40. The Labute approximate surface area is 223 Å². The molecule has 4 aromatic rings. The van der Waals surface area contributed by atoms with Crippen molar-refractivity contribution in [2.75, 3.05) is 54.7 Å². The number of hydrogen-bond donors (Lipinski definition) is 4.